The number of ether oxygens (including phenoxy) is 5. The largest absolute Gasteiger partial charge is 0.459 e. The topological polar surface area (TPSA) is 239 Å². The van der Waals surface area contributed by atoms with Crippen LogP contribution in [0.5, 0.6) is 5.75 Å². The van der Waals surface area contributed by atoms with Crippen LogP contribution >= 0.6 is 11.6 Å². The predicted molar refractivity (Wildman–Crippen MR) is 175 cm³/mol. The lowest BCUT2D eigenvalue weighted by Crippen LogP contribution is -2.43. The lowest BCUT2D eigenvalue weighted by molar-refractivity contribution is -0.384. The third-order valence-electron chi connectivity index (χ3n) is 4.07. The second-order valence-electron chi connectivity index (χ2n) is 12.6. The van der Waals surface area contributed by atoms with Gasteiger partial charge in [0, 0.05) is 23.7 Å². The van der Waals surface area contributed by atoms with E-state index in [0.29, 0.717) is 0 Å². The van der Waals surface area contributed by atoms with E-state index in [1.165, 1.54) is 38.3 Å². The van der Waals surface area contributed by atoms with Gasteiger partial charge in [-0.25, -0.2) is 14.4 Å². The number of carbonyl (C=O) groups excluding carboxylic acids is 5. The minimum absolute atomic E-state index is 0.116. The van der Waals surface area contributed by atoms with E-state index in [1.807, 2.05) is 41.5 Å². The molecule has 270 valence electrons. The lowest BCUT2D eigenvalue weighted by atomic mass is 10.2. The van der Waals surface area contributed by atoms with Crippen molar-refractivity contribution < 1.29 is 52.6 Å². The zero-order valence-corrected chi connectivity index (χ0v) is 30.2. The van der Waals surface area contributed by atoms with E-state index in [9.17, 15) is 34.1 Å². The molecule has 0 spiro atoms. The van der Waals surface area contributed by atoms with Crippen LogP contribution in [0, 0.1) is 10.1 Å². The Kier molecular flexibility index (Phi) is 21.9. The van der Waals surface area contributed by atoms with Gasteiger partial charge in [-0.1, -0.05) is 0 Å². The molecule has 0 aromatic heterocycles. The van der Waals surface area contributed by atoms with Crippen LogP contribution in [0.15, 0.2) is 24.3 Å². The third kappa shape index (κ3) is 30.4. The second kappa shape index (κ2) is 21.7. The van der Waals surface area contributed by atoms with Crippen LogP contribution in [0.1, 0.15) is 83.1 Å². The second-order valence-corrected chi connectivity index (χ2v) is 12.9. The summed E-state index contributed by atoms with van der Waals surface area (Å²) in [5.41, 5.74) is 8.14. The normalized spacial score (nSPS) is 12.6. The van der Waals surface area contributed by atoms with Crippen molar-refractivity contribution in [3.8, 4) is 5.75 Å². The highest BCUT2D eigenvalue weighted by molar-refractivity contribution is 6.61. The van der Waals surface area contributed by atoms with Gasteiger partial charge in [0.15, 0.2) is 0 Å². The van der Waals surface area contributed by atoms with Crippen LogP contribution < -0.4 is 21.5 Å². The summed E-state index contributed by atoms with van der Waals surface area (Å²) < 4.78 is 23.8. The van der Waals surface area contributed by atoms with Gasteiger partial charge in [0.05, 0.1) is 12.0 Å². The maximum absolute atomic E-state index is 11.7. The van der Waals surface area contributed by atoms with Crippen molar-refractivity contribution in [2.75, 3.05) is 7.11 Å². The number of non-ortho nitro benzene ring substituents is 1. The van der Waals surface area contributed by atoms with Crippen LogP contribution in [-0.2, 0) is 33.3 Å². The third-order valence-corrected chi connectivity index (χ3v) is 4.22. The number of rotatable bonds is 6. The molecule has 0 saturated heterocycles. The first-order valence-electron chi connectivity index (χ1n) is 14.2. The van der Waals surface area contributed by atoms with Gasteiger partial charge in [0.25, 0.3) is 5.69 Å². The number of nitro benzene ring substituents is 1. The Morgan fingerprint density at radius 2 is 1.06 bits per heavy atom. The molecule has 0 aliphatic rings. The minimum Gasteiger partial charge on any atom is -0.459 e. The maximum Gasteiger partial charge on any atom is 0.413 e. The van der Waals surface area contributed by atoms with Gasteiger partial charge in [-0.2, -0.15) is 0 Å². The van der Waals surface area contributed by atoms with E-state index in [0.717, 1.165) is 0 Å². The molecule has 3 atom stereocenters. The first-order valence-corrected chi connectivity index (χ1v) is 14.5. The Bertz CT molecular complexity index is 1120. The van der Waals surface area contributed by atoms with Gasteiger partial charge in [-0.05, 0) is 95.2 Å². The zero-order chi connectivity index (χ0) is 37.9. The summed E-state index contributed by atoms with van der Waals surface area (Å²) >= 11 is 4.60. The fourth-order valence-electron chi connectivity index (χ4n) is 2.19. The number of hydrogen-bond acceptors (Lipinski definition) is 14. The molecule has 1 rings (SSSR count). The van der Waals surface area contributed by atoms with Gasteiger partial charge in [-0.15, -0.1) is 0 Å². The number of methoxy groups -OCH3 is 1. The van der Waals surface area contributed by atoms with Crippen molar-refractivity contribution in [1.29, 1.82) is 0 Å². The van der Waals surface area contributed by atoms with E-state index in [4.69, 9.17) is 30.4 Å². The van der Waals surface area contributed by atoms with E-state index in [-0.39, 0.29) is 23.4 Å². The Morgan fingerprint density at radius 1 is 0.745 bits per heavy atom. The Balaban J connectivity index is -0.000000643. The molecule has 5 N–H and O–H groups in total. The summed E-state index contributed by atoms with van der Waals surface area (Å²) in [4.78, 5) is 64.3. The summed E-state index contributed by atoms with van der Waals surface area (Å²) in [6.45, 7) is 20.7. The maximum atomic E-state index is 11.7. The zero-order valence-electron chi connectivity index (χ0n) is 29.4. The molecule has 1 aromatic carbocycles. The quantitative estimate of drug-likeness (QED) is 0.120. The molecule has 1 aromatic rings. The monoisotopic (exact) mass is 694 g/mol. The summed E-state index contributed by atoms with van der Waals surface area (Å²) in [7, 11) is 1.22. The van der Waals surface area contributed by atoms with Crippen molar-refractivity contribution >= 4 is 46.7 Å². The molecule has 0 aliphatic heterocycles. The van der Waals surface area contributed by atoms with Crippen LogP contribution in [0.3, 0.4) is 0 Å². The lowest BCUT2D eigenvalue weighted by Gasteiger charge is -2.22. The summed E-state index contributed by atoms with van der Waals surface area (Å²) in [6.07, 6.45) is -0.854. The van der Waals surface area contributed by atoms with Crippen molar-refractivity contribution in [3.63, 3.8) is 0 Å². The molecule has 0 saturated carbocycles. The highest BCUT2D eigenvalue weighted by Crippen LogP contribution is 2.17. The highest BCUT2D eigenvalue weighted by Gasteiger charge is 2.24. The smallest absolute Gasteiger partial charge is 0.413 e. The van der Waals surface area contributed by atoms with E-state index >= 15 is 0 Å². The molecule has 0 aliphatic carbocycles. The van der Waals surface area contributed by atoms with Crippen molar-refractivity contribution in [2.24, 2.45) is 11.5 Å². The fourth-order valence-corrected chi connectivity index (χ4v) is 2.19. The van der Waals surface area contributed by atoms with Crippen molar-refractivity contribution in [1.82, 2.24) is 5.32 Å². The first kappa shape index (κ1) is 47.4. The number of nitrogens with one attached hydrogen (secondary N) is 1. The average Bonchev–Trinajstić information content (AvgIpc) is 2.87. The Labute approximate surface area is 281 Å². The SMILES string of the molecule is COC(=O)Cl.C[C@H](N)C(=O)OC(C)(C)C.C[C@H](N)C(=O)OC(C)(C)C.C[C@H](NC(=O)Oc1ccc([N+](=O)[O-])cc1)C(=O)OC(C)(C)C. The molecule has 0 radical (unpaired) electrons. The number of nitrogens with two attached hydrogens (primary N) is 2. The molecule has 0 unspecified atom stereocenters. The molecule has 1 amide bonds. The number of halogens is 1. The molecular formula is C30H51ClN4O12. The van der Waals surface area contributed by atoms with Gasteiger partial charge < -0.3 is 40.5 Å². The molecule has 0 heterocycles. The number of esters is 3. The minimum atomic E-state index is -0.884. The molecule has 17 heteroatoms. The first-order chi connectivity index (χ1) is 21.0. The van der Waals surface area contributed by atoms with Gasteiger partial charge in [0.1, 0.15) is 40.7 Å². The summed E-state index contributed by atoms with van der Waals surface area (Å²) in [5, 5.41) is 12.8. The molecule has 0 fully saturated rings. The van der Waals surface area contributed by atoms with E-state index < -0.39 is 57.3 Å². The molecular weight excluding hydrogens is 644 g/mol. The van der Waals surface area contributed by atoms with Crippen LogP contribution in [0.25, 0.3) is 0 Å². The van der Waals surface area contributed by atoms with Gasteiger partial charge in [0.2, 0.25) is 0 Å². The van der Waals surface area contributed by atoms with Gasteiger partial charge >= 0.3 is 29.4 Å². The predicted octanol–water partition coefficient (Wildman–Crippen LogP) is 4.76. The summed E-state index contributed by atoms with van der Waals surface area (Å²) in [5.74, 6) is -1.17. The number of benzene rings is 1. The van der Waals surface area contributed by atoms with E-state index in [2.05, 4.69) is 21.7 Å². The van der Waals surface area contributed by atoms with Gasteiger partial charge in [-0.3, -0.25) is 19.7 Å². The molecule has 16 nitrogen and oxygen atoms in total. The number of amides is 1. The molecule has 47 heavy (non-hydrogen) atoms. The Hall–Kier alpha value is -4.02. The standard InChI is InChI=1S/C14H18N2O6.2C7H15NO2.C2H3ClO2/c1-9(12(17)22-14(2,3)4)15-13(18)21-11-7-5-10(6-8-11)16(19)20;2*1-5(8)6(9)10-7(2,3)4;1-5-2(3)4/h5-9H,1-4H3,(H,15,18);2*5H,8H2,1-4H3;1H3/t9-;2*5-;/m000./s1. The molecule has 0 bridgehead atoms. The summed E-state index contributed by atoms with van der Waals surface area (Å²) in [6, 6.07) is 3.05. The average molecular weight is 695 g/mol. The highest BCUT2D eigenvalue weighted by atomic mass is 35.5. The van der Waals surface area contributed by atoms with E-state index in [1.54, 1.807) is 34.6 Å². The fraction of sp³-hybridized carbons (Fsp3) is 0.633. The van der Waals surface area contributed by atoms with Crippen molar-refractivity contribution in [2.45, 2.75) is 118 Å². The van der Waals surface area contributed by atoms with Crippen LogP contribution in [0.2, 0.25) is 0 Å². The van der Waals surface area contributed by atoms with Crippen LogP contribution in [0.4, 0.5) is 15.3 Å². The number of hydrogen-bond donors (Lipinski definition) is 3. The van der Waals surface area contributed by atoms with Crippen LogP contribution in [-0.4, -0.2) is 76.4 Å². The Morgan fingerprint density at radius 3 is 1.30 bits per heavy atom. The van der Waals surface area contributed by atoms with Crippen molar-refractivity contribution in [3.05, 3.63) is 34.4 Å². The number of nitro groups is 1. The number of carbonyl (C=O) groups is 5. The number of nitrogens with zero attached hydrogens (tertiary/aromatic N) is 1.